The normalized spacial score (nSPS) is 15.8. The number of likely N-dealkylation sites (N-methyl/N-ethyl adjacent to an activating group) is 1. The van der Waals surface area contributed by atoms with Crippen molar-refractivity contribution in [2.24, 2.45) is 0 Å². The maximum Gasteiger partial charge on any atom is 0.256 e. The van der Waals surface area contributed by atoms with Crippen LogP contribution in [0.25, 0.3) is 10.9 Å². The maximum absolute atomic E-state index is 13.6. The lowest BCUT2D eigenvalue weighted by molar-refractivity contribution is -0.136. The number of carbonyl (C=O) groups excluding carboxylic acids is 3. The van der Waals surface area contributed by atoms with Crippen LogP contribution in [0.4, 0.5) is 0 Å². The molecule has 2 atom stereocenters. The molecule has 0 bridgehead atoms. The lowest BCUT2D eigenvalue weighted by atomic mass is 10.0. The molecule has 0 aliphatic carbocycles. The van der Waals surface area contributed by atoms with Gasteiger partial charge in [0.05, 0.1) is 5.56 Å². The fourth-order valence-electron chi connectivity index (χ4n) is 5.20. The van der Waals surface area contributed by atoms with Gasteiger partial charge in [0.15, 0.2) is 0 Å². The van der Waals surface area contributed by atoms with Crippen LogP contribution in [-0.4, -0.2) is 58.2 Å². The van der Waals surface area contributed by atoms with Gasteiger partial charge in [0, 0.05) is 43.7 Å². The lowest BCUT2D eigenvalue weighted by Crippen LogP contribution is -2.54. The van der Waals surface area contributed by atoms with Crippen LogP contribution in [0.15, 0.2) is 91.1 Å². The van der Waals surface area contributed by atoms with Crippen LogP contribution in [0.3, 0.4) is 0 Å². The molecule has 1 aliphatic heterocycles. The Hall–Kier alpha value is -4.39. The van der Waals surface area contributed by atoms with Gasteiger partial charge in [-0.15, -0.1) is 0 Å². The summed E-state index contributed by atoms with van der Waals surface area (Å²) in [5.41, 5.74) is 3.41. The molecule has 0 spiro atoms. The van der Waals surface area contributed by atoms with Crippen molar-refractivity contribution in [3.63, 3.8) is 0 Å². The fraction of sp³-hybridized carbons (Fsp3) is 0.258. The van der Waals surface area contributed by atoms with E-state index in [9.17, 15) is 14.4 Å². The number of carbonyl (C=O) groups is 3. The minimum atomic E-state index is -0.746. The number of amides is 3. The van der Waals surface area contributed by atoms with E-state index in [1.807, 2.05) is 84.9 Å². The molecule has 3 amide bonds. The summed E-state index contributed by atoms with van der Waals surface area (Å²) in [7, 11) is 1.75. The van der Waals surface area contributed by atoms with Gasteiger partial charge in [-0.05, 0) is 30.0 Å². The highest BCUT2D eigenvalue weighted by Crippen LogP contribution is 2.25. The van der Waals surface area contributed by atoms with Crippen molar-refractivity contribution in [2.75, 3.05) is 13.6 Å². The van der Waals surface area contributed by atoms with E-state index in [-0.39, 0.29) is 17.7 Å². The summed E-state index contributed by atoms with van der Waals surface area (Å²) in [6, 6.07) is 25.7. The van der Waals surface area contributed by atoms with Gasteiger partial charge >= 0.3 is 0 Å². The van der Waals surface area contributed by atoms with Gasteiger partial charge in [-0.3, -0.25) is 14.4 Å². The average molecular weight is 509 g/mol. The van der Waals surface area contributed by atoms with Crippen molar-refractivity contribution in [3.8, 4) is 0 Å². The third-order valence-corrected chi connectivity index (χ3v) is 7.17. The van der Waals surface area contributed by atoms with Crippen LogP contribution < -0.4 is 5.32 Å². The monoisotopic (exact) mass is 508 g/mol. The molecule has 0 unspecified atom stereocenters. The van der Waals surface area contributed by atoms with Crippen LogP contribution in [0.5, 0.6) is 0 Å². The minimum Gasteiger partial charge on any atom is -0.360 e. The zero-order chi connectivity index (χ0) is 26.5. The molecule has 1 saturated heterocycles. The topological polar surface area (TPSA) is 85.5 Å². The SMILES string of the molecule is CN(Cc1ccccc1)C(=O)[C@@H](Cc1ccccc1)NC(=O)[C@H]1CCCN1C(=O)c1c[nH]c2ccccc12. The first-order valence-corrected chi connectivity index (χ1v) is 13.0. The van der Waals surface area contributed by atoms with Gasteiger partial charge in [0.1, 0.15) is 12.1 Å². The largest absolute Gasteiger partial charge is 0.360 e. The van der Waals surface area contributed by atoms with E-state index < -0.39 is 12.1 Å². The number of likely N-dealkylation sites (tertiary alicyclic amines) is 1. The molecule has 0 radical (unpaired) electrons. The molecule has 5 rings (SSSR count). The zero-order valence-electron chi connectivity index (χ0n) is 21.5. The predicted octanol–water partition coefficient (Wildman–Crippen LogP) is 4.16. The number of para-hydroxylation sites is 1. The number of aromatic nitrogens is 1. The zero-order valence-corrected chi connectivity index (χ0v) is 21.5. The molecule has 2 N–H and O–H groups in total. The second-order valence-electron chi connectivity index (χ2n) is 9.84. The molecule has 7 heteroatoms. The number of hydrogen-bond acceptors (Lipinski definition) is 3. The molecule has 2 heterocycles. The van der Waals surface area contributed by atoms with Gasteiger partial charge < -0.3 is 20.1 Å². The third-order valence-electron chi connectivity index (χ3n) is 7.17. The van der Waals surface area contributed by atoms with Crippen molar-refractivity contribution < 1.29 is 14.4 Å². The molecule has 38 heavy (non-hydrogen) atoms. The molecule has 4 aromatic rings. The van der Waals surface area contributed by atoms with E-state index in [2.05, 4.69) is 10.3 Å². The number of benzene rings is 3. The summed E-state index contributed by atoms with van der Waals surface area (Å²) in [5, 5.41) is 3.85. The molecule has 1 aromatic heterocycles. The van der Waals surface area contributed by atoms with Crippen LogP contribution in [0, 0.1) is 0 Å². The van der Waals surface area contributed by atoms with E-state index >= 15 is 0 Å². The summed E-state index contributed by atoms with van der Waals surface area (Å²) in [4.78, 5) is 47.1. The highest BCUT2D eigenvalue weighted by Gasteiger charge is 2.37. The molecule has 1 fully saturated rings. The quantitative estimate of drug-likeness (QED) is 0.375. The standard InChI is InChI=1S/C31H32N4O3/c1-34(21-23-13-6-3-7-14-23)31(38)27(19-22-11-4-2-5-12-22)33-29(36)28-17-10-18-35(28)30(37)25-20-32-26-16-9-8-15-24(25)26/h2-9,11-16,20,27-28,32H,10,17-19,21H2,1H3,(H,33,36)/t27-,28-/m1/s1. The maximum atomic E-state index is 13.6. The molecular weight excluding hydrogens is 476 g/mol. The van der Waals surface area contributed by atoms with E-state index in [1.165, 1.54) is 0 Å². The second-order valence-corrected chi connectivity index (χ2v) is 9.84. The van der Waals surface area contributed by atoms with E-state index in [0.29, 0.717) is 31.5 Å². The number of H-pyrrole nitrogens is 1. The first-order valence-electron chi connectivity index (χ1n) is 13.0. The minimum absolute atomic E-state index is 0.168. The Balaban J connectivity index is 1.34. The molecule has 1 aliphatic rings. The number of aromatic amines is 1. The predicted molar refractivity (Wildman–Crippen MR) is 147 cm³/mol. The molecule has 3 aromatic carbocycles. The number of nitrogens with one attached hydrogen (secondary N) is 2. The Morgan fingerprint density at radius 1 is 0.947 bits per heavy atom. The third kappa shape index (κ3) is 5.47. The summed E-state index contributed by atoms with van der Waals surface area (Å²) < 4.78 is 0. The first kappa shape index (κ1) is 25.3. The average Bonchev–Trinajstić information content (AvgIpc) is 3.61. The van der Waals surface area contributed by atoms with E-state index in [4.69, 9.17) is 0 Å². The molecule has 0 saturated carbocycles. The lowest BCUT2D eigenvalue weighted by Gasteiger charge is -2.28. The number of rotatable bonds is 8. The number of nitrogens with zero attached hydrogens (tertiary/aromatic N) is 2. The van der Waals surface area contributed by atoms with Gasteiger partial charge in [0.2, 0.25) is 11.8 Å². The van der Waals surface area contributed by atoms with Crippen molar-refractivity contribution in [3.05, 3.63) is 108 Å². The van der Waals surface area contributed by atoms with Gasteiger partial charge in [0.25, 0.3) is 5.91 Å². The van der Waals surface area contributed by atoms with Gasteiger partial charge in [-0.25, -0.2) is 0 Å². The molecule has 7 nitrogen and oxygen atoms in total. The Kier molecular flexibility index (Phi) is 7.54. The van der Waals surface area contributed by atoms with Crippen LogP contribution in [0.1, 0.15) is 34.3 Å². The van der Waals surface area contributed by atoms with Crippen molar-refractivity contribution in [1.82, 2.24) is 20.1 Å². The van der Waals surface area contributed by atoms with E-state index in [0.717, 1.165) is 28.5 Å². The van der Waals surface area contributed by atoms with Gasteiger partial charge in [-0.1, -0.05) is 78.9 Å². The van der Waals surface area contributed by atoms with Crippen molar-refractivity contribution in [1.29, 1.82) is 0 Å². The van der Waals surface area contributed by atoms with Gasteiger partial charge in [-0.2, -0.15) is 0 Å². The Morgan fingerprint density at radius 2 is 1.61 bits per heavy atom. The van der Waals surface area contributed by atoms with Crippen LogP contribution >= 0.6 is 0 Å². The Bertz CT molecular complexity index is 1420. The molecule has 194 valence electrons. The van der Waals surface area contributed by atoms with Crippen LogP contribution in [0.2, 0.25) is 0 Å². The van der Waals surface area contributed by atoms with Crippen molar-refractivity contribution in [2.45, 2.75) is 37.9 Å². The smallest absolute Gasteiger partial charge is 0.256 e. The highest BCUT2D eigenvalue weighted by molar-refractivity contribution is 6.08. The molecular formula is C31H32N4O3. The summed E-state index contributed by atoms with van der Waals surface area (Å²) >= 11 is 0. The Morgan fingerprint density at radius 3 is 2.34 bits per heavy atom. The van der Waals surface area contributed by atoms with E-state index in [1.54, 1.807) is 23.0 Å². The second kappa shape index (κ2) is 11.3. The summed E-state index contributed by atoms with van der Waals surface area (Å²) in [6.07, 6.45) is 3.37. The van der Waals surface area contributed by atoms with Crippen LogP contribution in [-0.2, 0) is 22.6 Å². The fourth-order valence-corrected chi connectivity index (χ4v) is 5.20. The Labute approximate surface area is 222 Å². The summed E-state index contributed by atoms with van der Waals surface area (Å²) in [5.74, 6) is -0.635. The number of fused-ring (bicyclic) bond motifs is 1. The van der Waals surface area contributed by atoms with Crippen molar-refractivity contribution >= 4 is 28.6 Å². The first-order chi connectivity index (χ1) is 18.5. The number of hydrogen-bond donors (Lipinski definition) is 2. The summed E-state index contributed by atoms with van der Waals surface area (Å²) in [6.45, 7) is 0.942. The highest BCUT2D eigenvalue weighted by atomic mass is 16.2.